The molecule has 1 amide bonds. The Labute approximate surface area is 151 Å². The van der Waals surface area contributed by atoms with E-state index in [9.17, 15) is 9.59 Å². The van der Waals surface area contributed by atoms with Crippen LogP contribution in [-0.2, 0) is 6.54 Å². The number of amides is 1. The van der Waals surface area contributed by atoms with E-state index in [0.717, 1.165) is 38.3 Å². The third-order valence-electron chi connectivity index (χ3n) is 4.75. The fourth-order valence-corrected chi connectivity index (χ4v) is 4.23. The van der Waals surface area contributed by atoms with Gasteiger partial charge in [-0.15, -0.1) is 11.3 Å². The predicted molar refractivity (Wildman–Crippen MR) is 99.0 cm³/mol. The molecule has 25 heavy (non-hydrogen) atoms. The molecule has 1 aliphatic rings. The summed E-state index contributed by atoms with van der Waals surface area (Å²) in [6.07, 6.45) is 1.01. The molecule has 1 atom stereocenters. The number of rotatable bonds is 5. The number of hydrogen-bond acceptors (Lipinski definition) is 5. The highest BCUT2D eigenvalue weighted by atomic mass is 32.1. The van der Waals surface area contributed by atoms with Gasteiger partial charge in [-0.25, -0.2) is 4.98 Å². The maximum absolute atomic E-state index is 12.7. The minimum Gasteiger partial charge on any atom is -0.338 e. The van der Waals surface area contributed by atoms with Crippen molar-refractivity contribution in [1.29, 1.82) is 0 Å². The maximum Gasteiger partial charge on any atom is 0.255 e. The van der Waals surface area contributed by atoms with Crippen molar-refractivity contribution < 1.29 is 4.79 Å². The van der Waals surface area contributed by atoms with E-state index in [1.807, 2.05) is 17.3 Å². The fraction of sp³-hybridized carbons (Fsp3) is 0.500. The highest BCUT2D eigenvalue weighted by Gasteiger charge is 2.28. The van der Waals surface area contributed by atoms with Crippen LogP contribution in [-0.4, -0.2) is 52.4 Å². The summed E-state index contributed by atoms with van der Waals surface area (Å²) in [5, 5.41) is 0. The van der Waals surface area contributed by atoms with Crippen molar-refractivity contribution in [2.24, 2.45) is 5.92 Å². The molecular weight excluding hydrogens is 336 g/mol. The van der Waals surface area contributed by atoms with E-state index in [4.69, 9.17) is 0 Å². The summed E-state index contributed by atoms with van der Waals surface area (Å²) >= 11 is 1.69. The Morgan fingerprint density at radius 2 is 2.24 bits per heavy atom. The largest absolute Gasteiger partial charge is 0.338 e. The minimum absolute atomic E-state index is 0.0113. The van der Waals surface area contributed by atoms with Crippen molar-refractivity contribution in [3.05, 3.63) is 49.8 Å². The van der Waals surface area contributed by atoms with Gasteiger partial charge in [-0.05, 0) is 39.3 Å². The molecule has 6 nitrogen and oxygen atoms in total. The molecule has 134 valence electrons. The molecule has 1 N–H and O–H groups in total. The zero-order valence-corrected chi connectivity index (χ0v) is 15.7. The lowest BCUT2D eigenvalue weighted by molar-refractivity contribution is 0.0783. The van der Waals surface area contributed by atoms with E-state index in [0.29, 0.717) is 17.2 Å². The SMILES string of the molecule is Cc1ncsc1CN(C)CC1CCN(C(=O)c2ccc(=O)[nH]c2C)C1. The second-order valence-electron chi connectivity index (χ2n) is 6.82. The molecule has 1 aliphatic heterocycles. The van der Waals surface area contributed by atoms with E-state index in [2.05, 4.69) is 21.9 Å². The van der Waals surface area contributed by atoms with Gasteiger partial charge in [0.1, 0.15) is 0 Å². The lowest BCUT2D eigenvalue weighted by Gasteiger charge is -2.21. The zero-order chi connectivity index (χ0) is 18.0. The van der Waals surface area contributed by atoms with Crippen LogP contribution in [0.4, 0.5) is 0 Å². The molecule has 1 unspecified atom stereocenters. The molecule has 3 rings (SSSR count). The van der Waals surface area contributed by atoms with Gasteiger partial charge in [0, 0.05) is 42.8 Å². The average molecular weight is 360 g/mol. The van der Waals surface area contributed by atoms with E-state index in [1.165, 1.54) is 10.9 Å². The van der Waals surface area contributed by atoms with Gasteiger partial charge in [-0.2, -0.15) is 0 Å². The topological polar surface area (TPSA) is 69.3 Å². The van der Waals surface area contributed by atoms with Crippen molar-refractivity contribution in [3.63, 3.8) is 0 Å². The lowest BCUT2D eigenvalue weighted by atomic mass is 10.1. The first-order valence-electron chi connectivity index (χ1n) is 8.50. The first-order chi connectivity index (χ1) is 11.9. The number of nitrogens with zero attached hydrogens (tertiary/aromatic N) is 3. The molecule has 0 saturated carbocycles. The molecule has 0 aromatic carbocycles. The Morgan fingerprint density at radius 1 is 1.44 bits per heavy atom. The van der Waals surface area contributed by atoms with Crippen LogP contribution in [0.15, 0.2) is 22.4 Å². The van der Waals surface area contributed by atoms with Gasteiger partial charge in [0.2, 0.25) is 5.56 Å². The molecule has 0 bridgehead atoms. The van der Waals surface area contributed by atoms with Crippen LogP contribution in [0.2, 0.25) is 0 Å². The zero-order valence-electron chi connectivity index (χ0n) is 14.9. The van der Waals surface area contributed by atoms with Gasteiger partial charge in [0.05, 0.1) is 16.8 Å². The van der Waals surface area contributed by atoms with Crippen molar-refractivity contribution in [1.82, 2.24) is 19.8 Å². The highest BCUT2D eigenvalue weighted by molar-refractivity contribution is 7.09. The fourth-order valence-electron chi connectivity index (χ4n) is 3.37. The molecule has 2 aromatic rings. The normalized spacial score (nSPS) is 17.4. The molecule has 1 fully saturated rings. The van der Waals surface area contributed by atoms with Crippen LogP contribution in [0.3, 0.4) is 0 Å². The summed E-state index contributed by atoms with van der Waals surface area (Å²) in [5.74, 6) is 0.488. The molecule has 0 spiro atoms. The number of pyridine rings is 1. The van der Waals surface area contributed by atoms with Crippen LogP contribution in [0.25, 0.3) is 0 Å². The number of hydrogen-bond donors (Lipinski definition) is 1. The van der Waals surface area contributed by atoms with Crippen LogP contribution in [0.5, 0.6) is 0 Å². The molecule has 0 radical (unpaired) electrons. The van der Waals surface area contributed by atoms with Gasteiger partial charge < -0.3 is 14.8 Å². The average Bonchev–Trinajstić information content (AvgIpc) is 3.16. The first kappa shape index (κ1) is 17.8. The summed E-state index contributed by atoms with van der Waals surface area (Å²) < 4.78 is 0. The highest BCUT2D eigenvalue weighted by Crippen LogP contribution is 2.21. The number of aromatic amines is 1. The monoisotopic (exact) mass is 360 g/mol. The van der Waals surface area contributed by atoms with Gasteiger partial charge in [-0.1, -0.05) is 0 Å². The van der Waals surface area contributed by atoms with E-state index in [-0.39, 0.29) is 11.5 Å². The van der Waals surface area contributed by atoms with Gasteiger partial charge in [-0.3, -0.25) is 9.59 Å². The summed E-state index contributed by atoms with van der Waals surface area (Å²) in [7, 11) is 2.12. The Balaban J connectivity index is 1.57. The minimum atomic E-state index is -0.173. The Morgan fingerprint density at radius 3 is 2.92 bits per heavy atom. The van der Waals surface area contributed by atoms with E-state index < -0.39 is 0 Å². The number of aromatic nitrogens is 2. The van der Waals surface area contributed by atoms with E-state index >= 15 is 0 Å². The first-order valence-corrected chi connectivity index (χ1v) is 9.38. The Hall–Kier alpha value is -1.99. The Kier molecular flexibility index (Phi) is 5.34. The van der Waals surface area contributed by atoms with Crippen LogP contribution >= 0.6 is 11.3 Å². The molecule has 1 saturated heterocycles. The van der Waals surface area contributed by atoms with Crippen molar-refractivity contribution in [2.75, 3.05) is 26.7 Å². The number of carbonyl (C=O) groups excluding carboxylic acids is 1. The quantitative estimate of drug-likeness (QED) is 0.886. The molecule has 3 heterocycles. The number of aryl methyl sites for hydroxylation is 2. The van der Waals surface area contributed by atoms with Crippen molar-refractivity contribution >= 4 is 17.2 Å². The third kappa shape index (κ3) is 4.16. The second kappa shape index (κ2) is 7.49. The number of likely N-dealkylation sites (tertiary alicyclic amines) is 1. The van der Waals surface area contributed by atoms with Gasteiger partial charge in [0.25, 0.3) is 5.91 Å². The number of carbonyl (C=O) groups is 1. The number of nitrogens with one attached hydrogen (secondary N) is 1. The standard InChI is InChI=1S/C18H24N4O2S/c1-12-15(4-5-17(23)20-12)18(24)22-7-6-14(9-22)8-21(3)10-16-13(2)19-11-25-16/h4-5,11,14H,6-10H2,1-3H3,(H,20,23). The third-order valence-corrected chi connectivity index (χ3v) is 5.67. The second-order valence-corrected chi connectivity index (χ2v) is 7.76. The molecule has 0 aliphatic carbocycles. The van der Waals surface area contributed by atoms with Crippen LogP contribution < -0.4 is 5.56 Å². The van der Waals surface area contributed by atoms with Crippen molar-refractivity contribution in [2.45, 2.75) is 26.8 Å². The predicted octanol–water partition coefficient (Wildman–Crippen LogP) is 2.04. The summed E-state index contributed by atoms with van der Waals surface area (Å²) in [5.41, 5.74) is 4.05. The summed E-state index contributed by atoms with van der Waals surface area (Å²) in [6.45, 7) is 7.22. The molecular formula is C18H24N4O2S. The summed E-state index contributed by atoms with van der Waals surface area (Å²) in [4.78, 5) is 36.5. The van der Waals surface area contributed by atoms with E-state index in [1.54, 1.807) is 24.3 Å². The Bertz CT molecular complexity index is 813. The maximum atomic E-state index is 12.7. The van der Waals surface area contributed by atoms with Gasteiger partial charge in [0.15, 0.2) is 0 Å². The number of thiazole rings is 1. The molecule has 2 aromatic heterocycles. The summed E-state index contributed by atoms with van der Waals surface area (Å²) in [6, 6.07) is 3.04. The van der Waals surface area contributed by atoms with Crippen LogP contribution in [0, 0.1) is 19.8 Å². The molecule has 7 heteroatoms. The van der Waals surface area contributed by atoms with Crippen molar-refractivity contribution in [3.8, 4) is 0 Å². The number of H-pyrrole nitrogens is 1. The smallest absolute Gasteiger partial charge is 0.255 e. The lowest BCUT2D eigenvalue weighted by Crippen LogP contribution is -2.32. The van der Waals surface area contributed by atoms with Crippen LogP contribution in [0.1, 0.15) is 33.0 Å². The van der Waals surface area contributed by atoms with Gasteiger partial charge >= 0.3 is 0 Å².